The first-order valence-corrected chi connectivity index (χ1v) is 11.8. The van der Waals surface area contributed by atoms with Gasteiger partial charge in [0.1, 0.15) is 0 Å². The molecule has 10 heteroatoms. The van der Waals surface area contributed by atoms with Crippen LogP contribution in [0, 0.1) is 5.92 Å². The fourth-order valence-corrected chi connectivity index (χ4v) is 5.15. The smallest absolute Gasteiger partial charge is 0.409 e. The average molecular weight is 421 g/mol. The average Bonchev–Trinajstić information content (AvgIpc) is 2.72. The summed E-state index contributed by atoms with van der Waals surface area (Å²) in [7, 11) is -3.58. The monoisotopic (exact) mass is 420 g/mol. The molecule has 2 saturated heterocycles. The topological polar surface area (TPSA) is 91.4 Å². The zero-order valence-electron chi connectivity index (χ0n) is 17.4. The number of piperazine rings is 1. The molecule has 0 aromatic carbocycles. The zero-order valence-corrected chi connectivity index (χ0v) is 18.2. The Morgan fingerprint density at radius 2 is 1.64 bits per heavy atom. The molecule has 1 unspecified atom stereocenters. The van der Waals surface area contributed by atoms with Gasteiger partial charge >= 0.3 is 6.09 Å². The van der Waals surface area contributed by atoms with Crippen LogP contribution in [0.2, 0.25) is 0 Å². The molecule has 0 aliphatic carbocycles. The van der Waals surface area contributed by atoms with E-state index in [1.807, 2.05) is 0 Å². The van der Waals surface area contributed by atoms with Crippen LogP contribution < -0.4 is 4.72 Å². The van der Waals surface area contributed by atoms with Gasteiger partial charge in [-0.15, -0.1) is 0 Å². The van der Waals surface area contributed by atoms with Gasteiger partial charge in [-0.3, -0.25) is 4.90 Å². The van der Waals surface area contributed by atoms with Crippen molar-refractivity contribution in [1.29, 1.82) is 0 Å². The molecule has 9 nitrogen and oxygen atoms in total. The molecule has 2 fully saturated rings. The Labute approximate surface area is 169 Å². The number of ether oxygens (including phenoxy) is 2. The summed E-state index contributed by atoms with van der Waals surface area (Å²) in [6.45, 7) is 11.1. The van der Waals surface area contributed by atoms with Gasteiger partial charge in [-0.25, -0.2) is 9.52 Å². The minimum atomic E-state index is -3.58. The molecule has 28 heavy (non-hydrogen) atoms. The number of amides is 1. The highest BCUT2D eigenvalue weighted by molar-refractivity contribution is 7.87. The Balaban J connectivity index is 1.93. The summed E-state index contributed by atoms with van der Waals surface area (Å²) in [5, 5.41) is 0. The minimum Gasteiger partial charge on any atom is -0.450 e. The van der Waals surface area contributed by atoms with Crippen LogP contribution in [-0.2, 0) is 19.7 Å². The highest BCUT2D eigenvalue weighted by Crippen LogP contribution is 2.20. The van der Waals surface area contributed by atoms with Crippen LogP contribution in [-0.4, -0.2) is 100 Å². The SMILES string of the molecule is CCOC(=O)N1CCN(S(=O)(=O)NCC(C(CC)CC)N2CCOCC2)CC1. The first-order valence-electron chi connectivity index (χ1n) is 10.4. The first-order chi connectivity index (χ1) is 13.4. The number of nitrogens with one attached hydrogen (secondary N) is 1. The van der Waals surface area contributed by atoms with Gasteiger partial charge in [0.15, 0.2) is 0 Å². The van der Waals surface area contributed by atoms with Crippen LogP contribution in [0.15, 0.2) is 0 Å². The number of carbonyl (C=O) groups excluding carboxylic acids is 1. The summed E-state index contributed by atoms with van der Waals surface area (Å²) in [5.74, 6) is 0.432. The van der Waals surface area contributed by atoms with E-state index in [1.165, 1.54) is 4.31 Å². The van der Waals surface area contributed by atoms with Crippen LogP contribution in [0.4, 0.5) is 4.79 Å². The number of rotatable bonds is 9. The molecule has 2 heterocycles. The second kappa shape index (κ2) is 11.3. The number of morpholine rings is 1. The summed E-state index contributed by atoms with van der Waals surface area (Å²) in [5.41, 5.74) is 0. The summed E-state index contributed by atoms with van der Waals surface area (Å²) < 4.78 is 40.3. The standard InChI is InChI=1S/C18H36N4O5S/c1-4-16(5-2)17(20-11-13-26-14-12-20)15-19-28(24,25)22-9-7-21(8-10-22)18(23)27-6-3/h16-17,19H,4-15H2,1-3H3. The lowest BCUT2D eigenvalue weighted by molar-refractivity contribution is 0.00286. The van der Waals surface area contributed by atoms with Gasteiger partial charge in [-0.2, -0.15) is 12.7 Å². The molecule has 164 valence electrons. The Morgan fingerprint density at radius 1 is 1.04 bits per heavy atom. The van der Waals surface area contributed by atoms with E-state index in [2.05, 4.69) is 23.5 Å². The molecule has 2 aliphatic heterocycles. The molecular weight excluding hydrogens is 384 g/mol. The normalized spacial score (nSPS) is 21.1. The molecule has 1 N–H and O–H groups in total. The summed E-state index contributed by atoms with van der Waals surface area (Å²) in [6.07, 6.45) is 1.64. The minimum absolute atomic E-state index is 0.162. The van der Waals surface area contributed by atoms with Crippen LogP contribution in [0.1, 0.15) is 33.6 Å². The molecule has 2 aliphatic rings. The predicted octanol–water partition coefficient (Wildman–Crippen LogP) is 0.732. The second-order valence-electron chi connectivity index (χ2n) is 7.23. The van der Waals surface area contributed by atoms with Crippen LogP contribution in [0.3, 0.4) is 0 Å². The molecule has 0 spiro atoms. The summed E-state index contributed by atoms with van der Waals surface area (Å²) in [4.78, 5) is 15.7. The lowest BCUT2D eigenvalue weighted by Gasteiger charge is -2.39. The Morgan fingerprint density at radius 3 is 2.18 bits per heavy atom. The Hall–Kier alpha value is -0.940. The summed E-state index contributed by atoms with van der Waals surface area (Å²) in [6, 6.07) is 0.162. The highest BCUT2D eigenvalue weighted by atomic mass is 32.2. The number of hydrogen-bond acceptors (Lipinski definition) is 6. The molecule has 1 atom stereocenters. The van der Waals surface area contributed by atoms with Gasteiger partial charge in [-0.1, -0.05) is 26.7 Å². The number of hydrogen-bond donors (Lipinski definition) is 1. The van der Waals surface area contributed by atoms with Crippen molar-refractivity contribution in [2.24, 2.45) is 5.92 Å². The molecule has 0 bridgehead atoms. The Kier molecular flexibility index (Phi) is 9.42. The predicted molar refractivity (Wildman–Crippen MR) is 107 cm³/mol. The lowest BCUT2D eigenvalue weighted by Crippen LogP contribution is -2.56. The van der Waals surface area contributed by atoms with Gasteiger partial charge in [0.05, 0.1) is 19.8 Å². The van der Waals surface area contributed by atoms with Gasteiger partial charge in [0.2, 0.25) is 0 Å². The lowest BCUT2D eigenvalue weighted by atomic mass is 9.92. The maximum Gasteiger partial charge on any atom is 0.409 e. The van der Waals surface area contributed by atoms with Crippen molar-refractivity contribution in [3.05, 3.63) is 0 Å². The van der Waals surface area contributed by atoms with Crippen molar-refractivity contribution in [3.63, 3.8) is 0 Å². The first kappa shape index (κ1) is 23.3. The molecule has 2 rings (SSSR count). The van der Waals surface area contributed by atoms with E-state index in [0.717, 1.165) is 25.9 Å². The van der Waals surface area contributed by atoms with E-state index in [1.54, 1.807) is 11.8 Å². The van der Waals surface area contributed by atoms with E-state index in [0.29, 0.717) is 45.4 Å². The van der Waals surface area contributed by atoms with Gasteiger partial charge in [0.25, 0.3) is 10.2 Å². The van der Waals surface area contributed by atoms with E-state index in [-0.39, 0.29) is 25.2 Å². The maximum atomic E-state index is 12.8. The van der Waals surface area contributed by atoms with E-state index >= 15 is 0 Å². The molecule has 1 amide bonds. The summed E-state index contributed by atoms with van der Waals surface area (Å²) >= 11 is 0. The fraction of sp³-hybridized carbons (Fsp3) is 0.944. The third-order valence-electron chi connectivity index (χ3n) is 5.69. The van der Waals surface area contributed by atoms with Gasteiger partial charge in [-0.05, 0) is 12.8 Å². The molecule has 0 aromatic rings. The third kappa shape index (κ3) is 6.28. The highest BCUT2D eigenvalue weighted by Gasteiger charge is 2.32. The van der Waals surface area contributed by atoms with E-state index < -0.39 is 10.2 Å². The fourth-order valence-electron chi connectivity index (χ4n) is 3.94. The number of carbonyl (C=O) groups is 1. The van der Waals surface area contributed by atoms with Gasteiger partial charge < -0.3 is 14.4 Å². The van der Waals surface area contributed by atoms with Crippen molar-refractivity contribution in [2.75, 3.05) is 65.6 Å². The zero-order chi connectivity index (χ0) is 20.6. The van der Waals surface area contributed by atoms with Crippen molar-refractivity contribution >= 4 is 16.3 Å². The van der Waals surface area contributed by atoms with Crippen LogP contribution >= 0.6 is 0 Å². The molecule has 0 saturated carbocycles. The number of nitrogens with zero attached hydrogens (tertiary/aromatic N) is 3. The van der Waals surface area contributed by atoms with Gasteiger partial charge in [0, 0.05) is 51.9 Å². The van der Waals surface area contributed by atoms with Crippen LogP contribution in [0.5, 0.6) is 0 Å². The Bertz CT molecular complexity index is 571. The molecular formula is C18H36N4O5S. The van der Waals surface area contributed by atoms with E-state index in [4.69, 9.17) is 9.47 Å². The quantitative estimate of drug-likeness (QED) is 0.591. The molecule has 0 aromatic heterocycles. The third-order valence-corrected chi connectivity index (χ3v) is 7.26. The van der Waals surface area contributed by atoms with E-state index in [9.17, 15) is 13.2 Å². The molecule has 0 radical (unpaired) electrons. The van der Waals surface area contributed by atoms with Crippen molar-refractivity contribution in [1.82, 2.24) is 18.8 Å². The van der Waals surface area contributed by atoms with Crippen molar-refractivity contribution < 1.29 is 22.7 Å². The largest absolute Gasteiger partial charge is 0.450 e. The second-order valence-corrected chi connectivity index (χ2v) is 8.99. The van der Waals surface area contributed by atoms with Crippen molar-refractivity contribution in [3.8, 4) is 0 Å². The van der Waals surface area contributed by atoms with Crippen LogP contribution in [0.25, 0.3) is 0 Å². The maximum absolute atomic E-state index is 12.8. The van der Waals surface area contributed by atoms with Crippen molar-refractivity contribution in [2.45, 2.75) is 39.7 Å².